The number of aromatic nitrogens is 2. The van der Waals surface area contributed by atoms with E-state index < -0.39 is 0 Å². The molecular formula is C25H27N5O3. The number of piperidine rings is 1. The van der Waals surface area contributed by atoms with Crippen LogP contribution in [0.4, 0.5) is 5.82 Å². The van der Waals surface area contributed by atoms with Crippen molar-refractivity contribution in [3.63, 3.8) is 0 Å². The number of ether oxygens (including phenoxy) is 1. The second-order valence-corrected chi connectivity index (χ2v) is 8.64. The van der Waals surface area contributed by atoms with Crippen molar-refractivity contribution in [1.82, 2.24) is 20.8 Å². The predicted octanol–water partition coefficient (Wildman–Crippen LogP) is 2.13. The highest BCUT2D eigenvalue weighted by Crippen LogP contribution is 2.48. The van der Waals surface area contributed by atoms with E-state index >= 15 is 0 Å². The van der Waals surface area contributed by atoms with Crippen molar-refractivity contribution in [3.05, 3.63) is 65.7 Å². The molecule has 33 heavy (non-hydrogen) atoms. The third-order valence-electron chi connectivity index (χ3n) is 6.50. The maximum Gasteiger partial charge on any atom is 0.224 e. The summed E-state index contributed by atoms with van der Waals surface area (Å²) in [4.78, 5) is 12.3. The Hall–Kier alpha value is -3.65. The molecule has 2 aromatic carbocycles. The lowest BCUT2D eigenvalue weighted by Crippen LogP contribution is -2.29. The molecule has 0 spiro atoms. The molecule has 1 aliphatic heterocycles. The van der Waals surface area contributed by atoms with Gasteiger partial charge in [0.05, 0.1) is 6.61 Å². The third-order valence-corrected chi connectivity index (χ3v) is 6.50. The summed E-state index contributed by atoms with van der Waals surface area (Å²) in [5.74, 6) is 2.20. The minimum atomic E-state index is 0.121. The number of nitrogens with two attached hydrogens (primary N) is 1. The average molecular weight is 446 g/mol. The number of phenolic OH excluding ortho intramolecular Hbond substituents is 1. The van der Waals surface area contributed by atoms with Crippen molar-refractivity contribution < 1.29 is 14.6 Å². The number of rotatable bonds is 8. The molecule has 5 N–H and O–H groups in total. The van der Waals surface area contributed by atoms with E-state index in [2.05, 4.69) is 20.8 Å². The summed E-state index contributed by atoms with van der Waals surface area (Å²) in [6.45, 7) is 2.91. The molecule has 0 unspecified atom stereocenters. The van der Waals surface area contributed by atoms with Crippen LogP contribution in [0.5, 0.6) is 11.5 Å². The van der Waals surface area contributed by atoms with Gasteiger partial charge in [-0.3, -0.25) is 4.79 Å². The first-order chi connectivity index (χ1) is 16.1. The van der Waals surface area contributed by atoms with Crippen LogP contribution in [0, 0.1) is 17.8 Å². The van der Waals surface area contributed by atoms with Crippen LogP contribution in [0.25, 0.3) is 11.3 Å². The molecule has 8 nitrogen and oxygen atoms in total. The molecule has 1 aromatic heterocycles. The molecule has 170 valence electrons. The minimum absolute atomic E-state index is 0.121. The van der Waals surface area contributed by atoms with Crippen LogP contribution < -0.4 is 21.1 Å². The first kappa shape index (κ1) is 21.2. The van der Waals surface area contributed by atoms with Gasteiger partial charge in [-0.05, 0) is 48.2 Å². The number of aromatic hydroxyl groups is 1. The maximum absolute atomic E-state index is 12.3. The highest BCUT2D eigenvalue weighted by Gasteiger charge is 2.56. The Morgan fingerprint density at radius 2 is 1.82 bits per heavy atom. The van der Waals surface area contributed by atoms with Crippen LogP contribution >= 0.6 is 0 Å². The van der Waals surface area contributed by atoms with Crippen LogP contribution in [0.1, 0.15) is 11.1 Å². The van der Waals surface area contributed by atoms with Crippen LogP contribution in [-0.2, 0) is 17.8 Å². The highest BCUT2D eigenvalue weighted by atomic mass is 16.5. The van der Waals surface area contributed by atoms with Gasteiger partial charge < -0.3 is 26.2 Å². The first-order valence-corrected chi connectivity index (χ1v) is 11.2. The van der Waals surface area contributed by atoms with E-state index in [1.165, 1.54) is 0 Å². The monoisotopic (exact) mass is 445 g/mol. The summed E-state index contributed by atoms with van der Waals surface area (Å²) in [5, 5.41) is 24.4. The second-order valence-electron chi connectivity index (χ2n) is 8.64. The summed E-state index contributed by atoms with van der Waals surface area (Å²) < 4.78 is 5.85. The van der Waals surface area contributed by atoms with Crippen molar-refractivity contribution in [2.45, 2.75) is 13.0 Å². The number of amides is 1. The SMILES string of the molecule is Nc1nnc(-c2ccccc2O)cc1OCCc1ccc(CNC(=O)[C@@H]2[C@@H]3CNC[C@@H]32)cc1. The number of carbonyl (C=O) groups is 1. The van der Waals surface area contributed by atoms with Gasteiger partial charge in [-0.15, -0.1) is 10.2 Å². The van der Waals surface area contributed by atoms with Gasteiger partial charge in [0.15, 0.2) is 11.6 Å². The number of nitrogens with one attached hydrogen (secondary N) is 2. The molecule has 1 aliphatic carbocycles. The maximum atomic E-state index is 12.3. The van der Waals surface area contributed by atoms with E-state index in [-0.39, 0.29) is 23.4 Å². The molecule has 2 aliphatic rings. The zero-order chi connectivity index (χ0) is 22.8. The Morgan fingerprint density at radius 3 is 2.58 bits per heavy atom. The molecule has 0 bridgehead atoms. The van der Waals surface area contributed by atoms with Crippen molar-refractivity contribution in [1.29, 1.82) is 0 Å². The minimum Gasteiger partial charge on any atom is -0.507 e. The Morgan fingerprint density at radius 1 is 1.09 bits per heavy atom. The summed E-state index contributed by atoms with van der Waals surface area (Å²) in [5.41, 5.74) is 9.18. The van der Waals surface area contributed by atoms with Crippen molar-refractivity contribution in [2.75, 3.05) is 25.4 Å². The lowest BCUT2D eigenvalue weighted by Gasteiger charge is -2.11. The number of nitrogens with zero attached hydrogens (tertiary/aromatic N) is 2. The van der Waals surface area contributed by atoms with Gasteiger partial charge >= 0.3 is 0 Å². The molecule has 8 heteroatoms. The van der Waals surface area contributed by atoms with E-state index in [0.717, 1.165) is 24.2 Å². The fourth-order valence-electron chi connectivity index (χ4n) is 4.54. The number of hydrogen-bond donors (Lipinski definition) is 4. The molecule has 5 rings (SSSR count). The van der Waals surface area contributed by atoms with Crippen LogP contribution in [-0.4, -0.2) is 40.9 Å². The van der Waals surface area contributed by atoms with Crippen LogP contribution in [0.2, 0.25) is 0 Å². The Kier molecular flexibility index (Phi) is 5.83. The molecule has 1 saturated carbocycles. The zero-order valence-corrected chi connectivity index (χ0v) is 18.2. The number of phenols is 1. The molecular weight excluding hydrogens is 418 g/mol. The number of benzene rings is 2. The van der Waals surface area contributed by atoms with Gasteiger partial charge in [-0.2, -0.15) is 0 Å². The number of nitrogen functional groups attached to an aromatic ring is 1. The Bertz CT molecular complexity index is 1140. The van der Waals surface area contributed by atoms with Crippen LogP contribution in [0.15, 0.2) is 54.6 Å². The summed E-state index contributed by atoms with van der Waals surface area (Å²) in [7, 11) is 0. The molecule has 2 fully saturated rings. The van der Waals surface area contributed by atoms with Crippen LogP contribution in [0.3, 0.4) is 0 Å². The normalized spacial score (nSPS) is 20.8. The van der Waals surface area contributed by atoms with Gasteiger partial charge in [0, 0.05) is 30.5 Å². The van der Waals surface area contributed by atoms with E-state index in [1.54, 1.807) is 24.3 Å². The Labute approximate surface area is 192 Å². The first-order valence-electron chi connectivity index (χ1n) is 11.2. The van der Waals surface area contributed by atoms with Gasteiger partial charge in [0.25, 0.3) is 0 Å². The van der Waals surface area contributed by atoms with Gasteiger partial charge in [0.1, 0.15) is 11.4 Å². The standard InChI is InChI=1S/C25H27N5O3/c26-24-22(11-20(29-30-24)17-3-1-2-4-21(17)31)33-10-9-15-5-7-16(8-6-15)12-28-25(32)23-18-13-27-14-19(18)23/h1-8,11,18-19,23,27,31H,9-10,12-14H2,(H2,26,30)(H,28,32)/t18-,19+,23-. The largest absolute Gasteiger partial charge is 0.507 e. The molecule has 3 atom stereocenters. The lowest BCUT2D eigenvalue weighted by atomic mass is 10.1. The topological polar surface area (TPSA) is 122 Å². The van der Waals surface area contributed by atoms with E-state index in [4.69, 9.17) is 10.5 Å². The summed E-state index contributed by atoms with van der Waals surface area (Å²) in [6.07, 6.45) is 0.693. The smallest absolute Gasteiger partial charge is 0.224 e. The van der Waals surface area contributed by atoms with E-state index in [0.29, 0.717) is 48.4 Å². The second kappa shape index (κ2) is 9.07. The quantitative estimate of drug-likeness (QED) is 0.419. The predicted molar refractivity (Wildman–Crippen MR) is 124 cm³/mol. The fourth-order valence-corrected chi connectivity index (χ4v) is 4.54. The molecule has 1 saturated heterocycles. The average Bonchev–Trinajstić information content (AvgIpc) is 3.31. The van der Waals surface area contributed by atoms with Crippen molar-refractivity contribution in [3.8, 4) is 22.8 Å². The summed E-state index contributed by atoms with van der Waals surface area (Å²) in [6, 6.07) is 16.8. The molecule has 0 radical (unpaired) electrons. The van der Waals surface area contributed by atoms with E-state index in [9.17, 15) is 9.90 Å². The molecule has 1 amide bonds. The zero-order valence-electron chi connectivity index (χ0n) is 18.2. The number of para-hydroxylation sites is 1. The molecule has 3 aromatic rings. The van der Waals surface area contributed by atoms with Gasteiger partial charge in [-0.25, -0.2) is 0 Å². The highest BCUT2D eigenvalue weighted by molar-refractivity contribution is 5.82. The van der Waals surface area contributed by atoms with Gasteiger partial charge in [-0.1, -0.05) is 36.4 Å². The molecule has 2 heterocycles. The number of fused-ring (bicyclic) bond motifs is 1. The summed E-state index contributed by atoms with van der Waals surface area (Å²) >= 11 is 0. The number of hydrogen-bond acceptors (Lipinski definition) is 7. The van der Waals surface area contributed by atoms with E-state index in [1.807, 2.05) is 30.3 Å². The third kappa shape index (κ3) is 4.61. The Balaban J connectivity index is 1.12. The van der Waals surface area contributed by atoms with Crippen molar-refractivity contribution in [2.24, 2.45) is 17.8 Å². The van der Waals surface area contributed by atoms with Gasteiger partial charge in [0.2, 0.25) is 5.91 Å². The number of anilines is 1. The fraction of sp³-hybridized carbons (Fsp3) is 0.320. The van der Waals surface area contributed by atoms with Crippen molar-refractivity contribution >= 4 is 11.7 Å². The number of carbonyl (C=O) groups excluding carboxylic acids is 1. The lowest BCUT2D eigenvalue weighted by molar-refractivity contribution is -0.123.